The molecule has 0 saturated carbocycles. The van der Waals surface area contributed by atoms with Crippen molar-refractivity contribution in [2.45, 2.75) is 32.4 Å². The van der Waals surface area contributed by atoms with Gasteiger partial charge >= 0.3 is 0 Å². The van der Waals surface area contributed by atoms with Crippen LogP contribution < -0.4 is 5.32 Å². The van der Waals surface area contributed by atoms with Crippen LogP contribution in [0, 0.1) is 0 Å². The maximum atomic E-state index is 12.9. The van der Waals surface area contributed by atoms with Crippen molar-refractivity contribution in [1.29, 1.82) is 0 Å². The van der Waals surface area contributed by atoms with Crippen LogP contribution >= 0.6 is 15.9 Å². The molecular weight excluding hydrogens is 360 g/mol. The van der Waals surface area contributed by atoms with E-state index in [9.17, 15) is 9.59 Å². The topological polar surface area (TPSA) is 57.6 Å². The first-order valence-corrected chi connectivity index (χ1v) is 9.04. The quantitative estimate of drug-likeness (QED) is 0.857. The Morgan fingerprint density at radius 2 is 2.26 bits per heavy atom. The van der Waals surface area contributed by atoms with Gasteiger partial charge in [-0.3, -0.25) is 9.59 Å². The molecule has 0 spiro atoms. The van der Waals surface area contributed by atoms with Crippen LogP contribution in [0.25, 0.3) is 0 Å². The minimum atomic E-state index is 0.0600. The molecule has 2 amide bonds. The van der Waals surface area contributed by atoms with E-state index < -0.39 is 0 Å². The first-order chi connectivity index (χ1) is 11.1. The normalized spacial score (nSPS) is 22.5. The summed E-state index contributed by atoms with van der Waals surface area (Å²) in [6.45, 7) is 6.18. The monoisotopic (exact) mass is 382 g/mol. The molecule has 2 fully saturated rings. The Hall–Kier alpha value is -1.34. The lowest BCUT2D eigenvalue weighted by molar-refractivity contribution is -0.135. The van der Waals surface area contributed by atoms with Gasteiger partial charge in [-0.15, -0.1) is 0 Å². The molecule has 1 aromatic rings. The first-order valence-electron chi connectivity index (χ1n) is 8.25. The molecule has 1 atom stereocenters. The Bertz CT molecular complexity index is 601. The van der Waals surface area contributed by atoms with E-state index in [1.54, 1.807) is 0 Å². The van der Waals surface area contributed by atoms with E-state index in [0.717, 1.165) is 43.5 Å². The van der Waals surface area contributed by atoms with Gasteiger partial charge in [0.2, 0.25) is 5.91 Å². The van der Waals surface area contributed by atoms with Gasteiger partial charge in [0.05, 0.1) is 6.54 Å². The zero-order chi connectivity index (χ0) is 16.4. The molecule has 3 rings (SSSR count). The number of aryl methyl sites for hydroxylation is 1. The zero-order valence-corrected chi connectivity index (χ0v) is 15.0. The third kappa shape index (κ3) is 3.45. The number of hydrogen-bond donors (Lipinski definition) is 1. The minimum absolute atomic E-state index is 0.0600. The molecule has 3 heterocycles. The van der Waals surface area contributed by atoms with E-state index in [2.05, 4.69) is 21.2 Å². The lowest BCUT2D eigenvalue weighted by atomic mass is 10.0. The van der Waals surface area contributed by atoms with Crippen LogP contribution in [0.5, 0.6) is 0 Å². The molecule has 1 N–H and O–H groups in total. The summed E-state index contributed by atoms with van der Waals surface area (Å²) in [4.78, 5) is 28.8. The summed E-state index contributed by atoms with van der Waals surface area (Å²) in [5, 5.41) is 3.10. The molecule has 1 unspecified atom stereocenters. The Balaban J connectivity index is 1.72. The minimum Gasteiger partial charge on any atom is -0.343 e. The molecule has 2 aliphatic heterocycles. The van der Waals surface area contributed by atoms with Crippen molar-refractivity contribution >= 4 is 27.7 Å². The molecule has 0 aliphatic carbocycles. The summed E-state index contributed by atoms with van der Waals surface area (Å²) in [5.74, 6) is 0.208. The highest BCUT2D eigenvalue weighted by Gasteiger charge is 2.32. The Kier molecular flexibility index (Phi) is 5.06. The van der Waals surface area contributed by atoms with Crippen LogP contribution in [0.2, 0.25) is 0 Å². The summed E-state index contributed by atoms with van der Waals surface area (Å²) < 4.78 is 2.89. The predicted molar refractivity (Wildman–Crippen MR) is 91.3 cm³/mol. The van der Waals surface area contributed by atoms with Gasteiger partial charge in [-0.05, 0) is 41.8 Å². The maximum Gasteiger partial charge on any atom is 0.270 e. The van der Waals surface area contributed by atoms with Crippen LogP contribution in [-0.2, 0) is 11.3 Å². The smallest absolute Gasteiger partial charge is 0.270 e. The summed E-state index contributed by atoms with van der Waals surface area (Å²) in [6.07, 6.45) is 3.87. The van der Waals surface area contributed by atoms with Gasteiger partial charge in [0.15, 0.2) is 0 Å². The number of hydrogen-bond acceptors (Lipinski definition) is 3. The van der Waals surface area contributed by atoms with Crippen LogP contribution in [0.1, 0.15) is 30.3 Å². The second-order valence-corrected chi connectivity index (χ2v) is 7.06. The van der Waals surface area contributed by atoms with Gasteiger partial charge in [0, 0.05) is 49.4 Å². The van der Waals surface area contributed by atoms with Crippen molar-refractivity contribution in [3.63, 3.8) is 0 Å². The zero-order valence-electron chi connectivity index (χ0n) is 13.4. The SMILES string of the molecule is CCn1cc(Br)cc1C(=O)N1CCCC(N2CCNCC2=O)C1. The first kappa shape index (κ1) is 16.5. The molecule has 0 aromatic carbocycles. The maximum absolute atomic E-state index is 12.9. The summed E-state index contributed by atoms with van der Waals surface area (Å²) in [5.41, 5.74) is 0.715. The average Bonchev–Trinajstić information content (AvgIpc) is 2.95. The number of piperidine rings is 1. The van der Waals surface area contributed by atoms with Crippen molar-refractivity contribution in [3.8, 4) is 0 Å². The molecular formula is C16H23BrN4O2. The molecule has 23 heavy (non-hydrogen) atoms. The van der Waals surface area contributed by atoms with Gasteiger partial charge in [0.1, 0.15) is 5.69 Å². The predicted octanol–water partition coefficient (Wildman–Crippen LogP) is 1.31. The van der Waals surface area contributed by atoms with Gasteiger partial charge in [0.25, 0.3) is 5.91 Å². The largest absolute Gasteiger partial charge is 0.343 e. The van der Waals surface area contributed by atoms with Crippen molar-refractivity contribution < 1.29 is 9.59 Å². The third-order valence-electron chi connectivity index (χ3n) is 4.67. The number of amides is 2. The third-order valence-corrected chi connectivity index (χ3v) is 5.11. The molecule has 2 saturated heterocycles. The fraction of sp³-hybridized carbons (Fsp3) is 0.625. The van der Waals surface area contributed by atoms with E-state index >= 15 is 0 Å². The van der Waals surface area contributed by atoms with E-state index in [-0.39, 0.29) is 17.9 Å². The number of rotatable bonds is 3. The van der Waals surface area contributed by atoms with E-state index in [1.165, 1.54) is 0 Å². The number of nitrogens with zero attached hydrogens (tertiary/aromatic N) is 3. The molecule has 7 heteroatoms. The number of nitrogens with one attached hydrogen (secondary N) is 1. The second-order valence-electron chi connectivity index (χ2n) is 6.14. The Morgan fingerprint density at radius 1 is 1.43 bits per heavy atom. The lowest BCUT2D eigenvalue weighted by Gasteiger charge is -2.41. The van der Waals surface area contributed by atoms with Crippen molar-refractivity contribution in [1.82, 2.24) is 19.7 Å². The van der Waals surface area contributed by atoms with E-state index in [0.29, 0.717) is 18.8 Å². The van der Waals surface area contributed by atoms with Crippen molar-refractivity contribution in [2.24, 2.45) is 0 Å². The van der Waals surface area contributed by atoms with E-state index in [1.807, 2.05) is 33.6 Å². The van der Waals surface area contributed by atoms with Gasteiger partial charge in [-0.2, -0.15) is 0 Å². The molecule has 126 valence electrons. The molecule has 0 bridgehead atoms. The highest BCUT2D eigenvalue weighted by molar-refractivity contribution is 9.10. The van der Waals surface area contributed by atoms with Crippen molar-refractivity contribution in [2.75, 3.05) is 32.7 Å². The number of likely N-dealkylation sites (tertiary alicyclic amines) is 1. The van der Waals surface area contributed by atoms with Gasteiger partial charge < -0.3 is 19.7 Å². The molecule has 0 radical (unpaired) electrons. The van der Waals surface area contributed by atoms with Crippen molar-refractivity contribution in [3.05, 3.63) is 22.4 Å². The molecule has 2 aliphatic rings. The molecule has 6 nitrogen and oxygen atoms in total. The number of carbonyl (C=O) groups excluding carboxylic acids is 2. The number of halogens is 1. The fourth-order valence-electron chi connectivity index (χ4n) is 3.48. The highest BCUT2D eigenvalue weighted by atomic mass is 79.9. The summed E-state index contributed by atoms with van der Waals surface area (Å²) >= 11 is 3.45. The fourth-order valence-corrected chi connectivity index (χ4v) is 3.94. The van der Waals surface area contributed by atoms with E-state index in [4.69, 9.17) is 0 Å². The number of piperazine rings is 1. The molecule has 1 aromatic heterocycles. The standard InChI is InChI=1S/C16H23BrN4O2/c1-2-19-10-12(17)8-14(19)16(23)20-6-3-4-13(11-20)21-7-5-18-9-15(21)22/h8,10,13,18H,2-7,9,11H2,1H3. The van der Waals surface area contributed by atoms with Crippen LogP contribution in [0.15, 0.2) is 16.7 Å². The Morgan fingerprint density at radius 3 is 3.00 bits per heavy atom. The van der Waals surface area contributed by atoms with Crippen LogP contribution in [-0.4, -0.2) is 64.9 Å². The Labute approximate surface area is 144 Å². The lowest BCUT2D eigenvalue weighted by Crippen LogP contribution is -2.57. The summed E-state index contributed by atoms with van der Waals surface area (Å²) in [7, 11) is 0. The second kappa shape index (κ2) is 7.05. The van der Waals surface area contributed by atoms with Crippen LogP contribution in [0.4, 0.5) is 0 Å². The van der Waals surface area contributed by atoms with Gasteiger partial charge in [-0.25, -0.2) is 0 Å². The summed E-state index contributed by atoms with van der Waals surface area (Å²) in [6, 6.07) is 2.03. The van der Waals surface area contributed by atoms with Gasteiger partial charge in [-0.1, -0.05) is 0 Å². The highest BCUT2D eigenvalue weighted by Crippen LogP contribution is 2.21. The van der Waals surface area contributed by atoms with Crippen LogP contribution in [0.3, 0.4) is 0 Å². The number of aromatic nitrogens is 1. The average molecular weight is 383 g/mol. The number of carbonyl (C=O) groups is 2.